The van der Waals surface area contributed by atoms with Crippen molar-refractivity contribution in [3.05, 3.63) is 33.2 Å². The lowest BCUT2D eigenvalue weighted by atomic mass is 10.0. The van der Waals surface area contributed by atoms with Gasteiger partial charge in [-0.3, -0.25) is 14.5 Å². The van der Waals surface area contributed by atoms with Crippen LogP contribution in [0.25, 0.3) is 0 Å². The minimum Gasteiger partial charge on any atom is -0.477 e. The van der Waals surface area contributed by atoms with Gasteiger partial charge in [0.25, 0.3) is 11.8 Å². The Labute approximate surface area is 176 Å². The van der Waals surface area contributed by atoms with Gasteiger partial charge in [0.2, 0.25) is 0 Å². The topological polar surface area (TPSA) is 178 Å². The third-order valence-electron chi connectivity index (χ3n) is 3.91. The van der Waals surface area contributed by atoms with Gasteiger partial charge in [0, 0.05) is 16.0 Å². The van der Waals surface area contributed by atoms with E-state index in [1.54, 1.807) is 5.41 Å². The Hall–Kier alpha value is -2.55. The van der Waals surface area contributed by atoms with Crippen molar-refractivity contribution < 1.29 is 29.8 Å². The summed E-state index contributed by atoms with van der Waals surface area (Å²) < 4.78 is 0. The van der Waals surface area contributed by atoms with Crippen LogP contribution in [-0.4, -0.2) is 72.6 Å². The second kappa shape index (κ2) is 8.86. The second-order valence-corrected chi connectivity index (χ2v) is 8.63. The number of thioether (sulfide) groups is 2. The molecule has 11 nitrogen and oxygen atoms in total. The van der Waals surface area contributed by atoms with E-state index in [0.717, 1.165) is 28.0 Å². The number of nitrogens with two attached hydrogens (primary N) is 1. The lowest BCUT2D eigenvalue weighted by Crippen LogP contribution is -2.71. The van der Waals surface area contributed by atoms with Crippen LogP contribution in [0.4, 0.5) is 5.13 Å². The van der Waals surface area contributed by atoms with Gasteiger partial charge in [0.15, 0.2) is 10.8 Å². The molecule has 6 N–H and O–H groups in total. The Bertz CT molecular complexity index is 943. The van der Waals surface area contributed by atoms with Gasteiger partial charge in [-0.25, -0.2) is 9.78 Å². The van der Waals surface area contributed by atoms with Gasteiger partial charge in [0.1, 0.15) is 22.8 Å². The molecule has 3 heterocycles. The molecule has 0 spiro atoms. The number of carboxylic acids is 1. The molecule has 3 rings (SSSR count). The number of rotatable bonds is 7. The number of amides is 2. The third kappa shape index (κ3) is 4.10. The molecule has 0 aliphatic carbocycles. The molecule has 0 aromatic carbocycles. The van der Waals surface area contributed by atoms with E-state index in [1.165, 1.54) is 23.2 Å². The van der Waals surface area contributed by atoms with Crippen molar-refractivity contribution >= 4 is 63.5 Å². The van der Waals surface area contributed by atoms with Crippen molar-refractivity contribution in [3.8, 4) is 0 Å². The van der Waals surface area contributed by atoms with Crippen LogP contribution in [0, 0.1) is 0 Å². The van der Waals surface area contributed by atoms with Gasteiger partial charge in [-0.1, -0.05) is 23.0 Å². The molecule has 2 atom stereocenters. The van der Waals surface area contributed by atoms with Crippen molar-refractivity contribution in [1.82, 2.24) is 15.2 Å². The van der Waals surface area contributed by atoms with Crippen LogP contribution in [0.1, 0.15) is 5.69 Å². The molecule has 1 aromatic heterocycles. The van der Waals surface area contributed by atoms with Crippen LogP contribution in [0.2, 0.25) is 0 Å². The first-order valence-corrected chi connectivity index (χ1v) is 10.8. The number of thiazole rings is 1. The molecule has 154 valence electrons. The smallest absolute Gasteiger partial charge is 0.353 e. The molecule has 2 amide bonds. The molecular formula is C15H15N5O6S3. The number of nitrogens with one attached hydrogen (secondary N) is 1. The van der Waals surface area contributed by atoms with E-state index in [0.29, 0.717) is 10.7 Å². The summed E-state index contributed by atoms with van der Waals surface area (Å²) in [5, 5.41) is 35.5. The third-order valence-corrected chi connectivity index (χ3v) is 7.00. The normalized spacial score (nSPS) is 21.9. The standard InChI is InChI=1S/C15H15N5O6S3/c16-15-17-6(4-29-15)8(19-26)11(22)18-9-12(23)20-10(14(24)25)7(5-28-13(9)20)27-3-1-2-21/h1,3-4,9,13,21,26H,2,5H2,(H2,16,17)(H,18,22)(H,24,25)/b3-1-,19-8-/t9?,13-/m1/s1. The maximum atomic E-state index is 12.6. The molecule has 29 heavy (non-hydrogen) atoms. The molecule has 2 aliphatic heterocycles. The number of hydrogen-bond donors (Lipinski definition) is 5. The number of anilines is 1. The summed E-state index contributed by atoms with van der Waals surface area (Å²) in [7, 11) is 0. The molecule has 1 fully saturated rings. The Morgan fingerprint density at radius 3 is 2.86 bits per heavy atom. The SMILES string of the molecule is Nc1nc(/C(=N/O)C(=O)NC2C(=O)N3C(C(=O)O)=C(S/C=C\CO)CS[C@H]23)cs1. The van der Waals surface area contributed by atoms with E-state index in [-0.39, 0.29) is 23.1 Å². The van der Waals surface area contributed by atoms with Crippen molar-refractivity contribution in [2.45, 2.75) is 11.4 Å². The summed E-state index contributed by atoms with van der Waals surface area (Å²) in [5.41, 5.74) is 5.02. The minimum atomic E-state index is -1.26. The number of carbonyl (C=O) groups is 3. The highest BCUT2D eigenvalue weighted by atomic mass is 32.2. The predicted molar refractivity (Wildman–Crippen MR) is 108 cm³/mol. The summed E-state index contributed by atoms with van der Waals surface area (Å²) in [5.74, 6) is -2.37. The summed E-state index contributed by atoms with van der Waals surface area (Å²) in [6, 6.07) is -0.978. The summed E-state index contributed by atoms with van der Waals surface area (Å²) >= 11 is 3.45. The van der Waals surface area contributed by atoms with Crippen LogP contribution in [0.3, 0.4) is 0 Å². The van der Waals surface area contributed by atoms with Gasteiger partial charge < -0.3 is 26.5 Å². The van der Waals surface area contributed by atoms with Gasteiger partial charge in [-0.05, 0) is 5.41 Å². The van der Waals surface area contributed by atoms with Crippen molar-refractivity contribution in [2.75, 3.05) is 18.1 Å². The molecule has 0 radical (unpaired) electrons. The van der Waals surface area contributed by atoms with E-state index in [1.807, 2.05) is 0 Å². The molecule has 0 bridgehead atoms. The number of aliphatic hydroxyl groups is 1. The molecule has 2 aliphatic rings. The highest BCUT2D eigenvalue weighted by molar-refractivity contribution is 8.08. The molecular weight excluding hydrogens is 442 g/mol. The number of fused-ring (bicyclic) bond motifs is 1. The highest BCUT2D eigenvalue weighted by Crippen LogP contribution is 2.43. The van der Waals surface area contributed by atoms with Crippen LogP contribution in [-0.2, 0) is 14.4 Å². The maximum absolute atomic E-state index is 12.6. The number of nitrogen functional groups attached to an aromatic ring is 1. The van der Waals surface area contributed by atoms with Crippen molar-refractivity contribution in [2.24, 2.45) is 5.16 Å². The lowest BCUT2D eigenvalue weighted by molar-refractivity contribution is -0.150. The fourth-order valence-electron chi connectivity index (χ4n) is 2.67. The lowest BCUT2D eigenvalue weighted by Gasteiger charge is -2.49. The van der Waals surface area contributed by atoms with Crippen LogP contribution < -0.4 is 11.1 Å². The van der Waals surface area contributed by atoms with Crippen LogP contribution in [0.5, 0.6) is 0 Å². The number of oxime groups is 1. The van der Waals surface area contributed by atoms with Gasteiger partial charge in [0.05, 0.1) is 6.61 Å². The summed E-state index contributed by atoms with van der Waals surface area (Å²) in [6.45, 7) is -0.186. The molecule has 0 saturated carbocycles. The Morgan fingerprint density at radius 1 is 1.52 bits per heavy atom. The van der Waals surface area contributed by atoms with Crippen molar-refractivity contribution in [3.63, 3.8) is 0 Å². The number of aliphatic hydroxyl groups excluding tert-OH is 1. The quantitative estimate of drug-likeness (QED) is 0.160. The first kappa shape index (κ1) is 21.2. The zero-order chi connectivity index (χ0) is 21.1. The molecule has 1 saturated heterocycles. The first-order valence-electron chi connectivity index (χ1n) is 7.97. The number of aromatic nitrogens is 1. The molecule has 1 aromatic rings. The van der Waals surface area contributed by atoms with E-state index in [9.17, 15) is 19.5 Å². The predicted octanol–water partition coefficient (Wildman–Crippen LogP) is -0.161. The Morgan fingerprint density at radius 2 is 2.28 bits per heavy atom. The number of nitrogens with zero attached hydrogens (tertiary/aromatic N) is 3. The zero-order valence-electron chi connectivity index (χ0n) is 14.5. The average molecular weight is 458 g/mol. The minimum absolute atomic E-state index is 0.0629. The number of aliphatic carboxylic acids is 1. The van der Waals surface area contributed by atoms with E-state index in [2.05, 4.69) is 15.5 Å². The summed E-state index contributed by atoms with van der Waals surface area (Å²) in [4.78, 5) is 42.1. The van der Waals surface area contributed by atoms with E-state index in [4.69, 9.17) is 16.0 Å². The second-order valence-electron chi connectivity index (χ2n) is 5.63. The fourth-order valence-corrected chi connectivity index (χ4v) is 5.54. The van der Waals surface area contributed by atoms with Crippen LogP contribution >= 0.6 is 34.9 Å². The van der Waals surface area contributed by atoms with E-state index < -0.39 is 34.9 Å². The van der Waals surface area contributed by atoms with Crippen molar-refractivity contribution in [1.29, 1.82) is 0 Å². The molecule has 14 heteroatoms. The van der Waals surface area contributed by atoms with Gasteiger partial charge in [-0.15, -0.1) is 23.1 Å². The number of carbonyl (C=O) groups excluding carboxylic acids is 2. The van der Waals surface area contributed by atoms with Gasteiger partial charge in [-0.2, -0.15) is 0 Å². The highest BCUT2D eigenvalue weighted by Gasteiger charge is 2.54. The molecule has 1 unspecified atom stereocenters. The summed E-state index contributed by atoms with van der Waals surface area (Å²) in [6.07, 6.45) is 1.45. The van der Waals surface area contributed by atoms with Crippen LogP contribution in [0.15, 0.2) is 32.6 Å². The maximum Gasteiger partial charge on any atom is 0.353 e. The fraction of sp³-hybridized carbons (Fsp3) is 0.267. The van der Waals surface area contributed by atoms with E-state index >= 15 is 0 Å². The number of carboxylic acid groups (broad SMARTS) is 1. The van der Waals surface area contributed by atoms with Gasteiger partial charge >= 0.3 is 5.97 Å². The first-order chi connectivity index (χ1) is 13.9. The average Bonchev–Trinajstić information content (AvgIpc) is 3.12. The Kier molecular flexibility index (Phi) is 6.46. The number of β-lactam (4-membered cyclic amide) rings is 1. The zero-order valence-corrected chi connectivity index (χ0v) is 17.0. The Balaban J connectivity index is 1.76. The number of hydrogen-bond acceptors (Lipinski definition) is 11. The largest absolute Gasteiger partial charge is 0.477 e. The monoisotopic (exact) mass is 457 g/mol.